The zero-order chi connectivity index (χ0) is 11.5. The molecule has 1 aromatic carbocycles. The Morgan fingerprint density at radius 2 is 2.06 bits per heavy atom. The van der Waals surface area contributed by atoms with E-state index in [0.717, 1.165) is 31.5 Å². The van der Waals surface area contributed by atoms with Crippen LogP contribution in [0.2, 0.25) is 0 Å². The van der Waals surface area contributed by atoms with E-state index in [1.54, 1.807) is 13.0 Å². The van der Waals surface area contributed by atoms with Gasteiger partial charge in [0.05, 0.1) is 6.07 Å². The highest BCUT2D eigenvalue weighted by atomic mass is 19.1. The van der Waals surface area contributed by atoms with E-state index in [1.807, 2.05) is 6.07 Å². The summed E-state index contributed by atoms with van der Waals surface area (Å²) in [7, 11) is 0. The minimum atomic E-state index is -0.294. The van der Waals surface area contributed by atoms with Crippen molar-refractivity contribution in [2.45, 2.75) is 25.8 Å². The molecule has 1 aliphatic heterocycles. The summed E-state index contributed by atoms with van der Waals surface area (Å²) in [5, 5.41) is 9.19. The molecule has 2 rings (SSSR count). The molecule has 1 fully saturated rings. The standard InChI is InChI=1S/C13H15FN2/c1-10-4-5-11(8-12(10)14)13(9-15)16-6-2-3-7-16/h4-5,8,13H,2-3,6-7H2,1H3. The smallest absolute Gasteiger partial charge is 0.126 e. The number of rotatable bonds is 2. The SMILES string of the molecule is Cc1ccc(C(C#N)N2CCCC2)cc1F. The first-order chi connectivity index (χ1) is 7.72. The van der Waals surface area contributed by atoms with Crippen LogP contribution in [0.1, 0.15) is 30.0 Å². The van der Waals surface area contributed by atoms with E-state index in [4.69, 9.17) is 0 Å². The van der Waals surface area contributed by atoms with E-state index < -0.39 is 0 Å². The number of halogens is 1. The van der Waals surface area contributed by atoms with Crippen molar-refractivity contribution < 1.29 is 4.39 Å². The maximum absolute atomic E-state index is 13.4. The molecule has 0 amide bonds. The van der Waals surface area contributed by atoms with Gasteiger partial charge in [0, 0.05) is 0 Å². The van der Waals surface area contributed by atoms with Gasteiger partial charge in [0.2, 0.25) is 0 Å². The van der Waals surface area contributed by atoms with Crippen LogP contribution in [0.15, 0.2) is 18.2 Å². The molecule has 1 heterocycles. The van der Waals surface area contributed by atoms with Crippen LogP contribution in [0.5, 0.6) is 0 Å². The van der Waals surface area contributed by atoms with Crippen molar-refractivity contribution >= 4 is 0 Å². The molecule has 1 aliphatic rings. The lowest BCUT2D eigenvalue weighted by atomic mass is 10.0. The Morgan fingerprint density at radius 1 is 1.38 bits per heavy atom. The van der Waals surface area contributed by atoms with E-state index in [1.165, 1.54) is 6.07 Å². The highest BCUT2D eigenvalue weighted by Crippen LogP contribution is 2.25. The third-order valence-corrected chi connectivity index (χ3v) is 3.14. The lowest BCUT2D eigenvalue weighted by Crippen LogP contribution is -2.24. The first-order valence-electron chi connectivity index (χ1n) is 5.62. The van der Waals surface area contributed by atoms with Gasteiger partial charge in [-0.05, 0) is 50.0 Å². The van der Waals surface area contributed by atoms with Crippen LogP contribution in [0.4, 0.5) is 4.39 Å². The highest BCUT2D eigenvalue weighted by molar-refractivity contribution is 5.29. The third-order valence-electron chi connectivity index (χ3n) is 3.14. The molecule has 3 heteroatoms. The van der Waals surface area contributed by atoms with Crippen molar-refractivity contribution in [3.8, 4) is 6.07 Å². The Balaban J connectivity index is 2.26. The van der Waals surface area contributed by atoms with Gasteiger partial charge >= 0.3 is 0 Å². The molecule has 0 N–H and O–H groups in total. The third kappa shape index (κ3) is 2.07. The molecule has 1 aromatic rings. The fraction of sp³-hybridized carbons (Fsp3) is 0.462. The van der Waals surface area contributed by atoms with Crippen LogP contribution in [-0.4, -0.2) is 18.0 Å². The molecule has 1 saturated heterocycles. The van der Waals surface area contributed by atoms with Gasteiger partial charge in [-0.25, -0.2) is 4.39 Å². The molecular weight excluding hydrogens is 203 g/mol. The molecule has 0 radical (unpaired) electrons. The Bertz CT molecular complexity index is 416. The van der Waals surface area contributed by atoms with Crippen molar-refractivity contribution in [3.05, 3.63) is 35.1 Å². The van der Waals surface area contributed by atoms with Gasteiger partial charge in [0.1, 0.15) is 11.9 Å². The summed E-state index contributed by atoms with van der Waals surface area (Å²) in [6.45, 7) is 3.61. The van der Waals surface area contributed by atoms with Gasteiger partial charge in [0.15, 0.2) is 0 Å². The molecule has 0 saturated carbocycles. The van der Waals surface area contributed by atoms with Crippen LogP contribution >= 0.6 is 0 Å². The van der Waals surface area contributed by atoms with Crippen molar-refractivity contribution in [1.29, 1.82) is 5.26 Å². The van der Waals surface area contributed by atoms with E-state index >= 15 is 0 Å². The summed E-state index contributed by atoms with van der Waals surface area (Å²) in [6.07, 6.45) is 2.26. The number of hydrogen-bond donors (Lipinski definition) is 0. The van der Waals surface area contributed by atoms with Gasteiger partial charge in [-0.2, -0.15) is 5.26 Å². The minimum absolute atomic E-state index is 0.225. The van der Waals surface area contributed by atoms with Crippen molar-refractivity contribution in [3.63, 3.8) is 0 Å². The largest absolute Gasteiger partial charge is 0.284 e. The molecule has 0 aromatic heterocycles. The lowest BCUT2D eigenvalue weighted by molar-refractivity contribution is 0.294. The van der Waals surface area contributed by atoms with Crippen molar-refractivity contribution in [1.82, 2.24) is 4.90 Å². The molecule has 84 valence electrons. The number of nitriles is 1. The van der Waals surface area contributed by atoms with Crippen molar-refractivity contribution in [2.24, 2.45) is 0 Å². The van der Waals surface area contributed by atoms with E-state index in [2.05, 4.69) is 11.0 Å². The second kappa shape index (κ2) is 4.63. The number of nitrogens with zero attached hydrogens (tertiary/aromatic N) is 2. The predicted octanol–water partition coefficient (Wildman–Crippen LogP) is 2.79. The monoisotopic (exact) mass is 218 g/mol. The van der Waals surface area contributed by atoms with Gasteiger partial charge < -0.3 is 0 Å². The molecule has 0 spiro atoms. The Kier molecular flexibility index (Phi) is 3.21. The average Bonchev–Trinajstić information content (AvgIpc) is 2.78. The lowest BCUT2D eigenvalue weighted by Gasteiger charge is -2.21. The topological polar surface area (TPSA) is 27.0 Å². The van der Waals surface area contributed by atoms with E-state index in [0.29, 0.717) is 5.56 Å². The van der Waals surface area contributed by atoms with E-state index in [-0.39, 0.29) is 11.9 Å². The predicted molar refractivity (Wildman–Crippen MR) is 60.3 cm³/mol. The second-order valence-corrected chi connectivity index (χ2v) is 4.28. The van der Waals surface area contributed by atoms with Gasteiger partial charge in [0.25, 0.3) is 0 Å². The van der Waals surface area contributed by atoms with Gasteiger partial charge in [-0.3, -0.25) is 4.90 Å². The molecular formula is C13H15FN2. The quantitative estimate of drug-likeness (QED) is 0.763. The molecule has 0 aliphatic carbocycles. The zero-order valence-electron chi connectivity index (χ0n) is 9.41. The summed E-state index contributed by atoms with van der Waals surface area (Å²) in [4.78, 5) is 2.12. The van der Waals surface area contributed by atoms with Gasteiger partial charge in [-0.15, -0.1) is 0 Å². The molecule has 16 heavy (non-hydrogen) atoms. The summed E-state index contributed by atoms with van der Waals surface area (Å²) < 4.78 is 13.4. The molecule has 1 atom stereocenters. The summed E-state index contributed by atoms with van der Waals surface area (Å²) in [5.74, 6) is -0.225. The Hall–Kier alpha value is -1.40. The average molecular weight is 218 g/mol. The summed E-state index contributed by atoms with van der Waals surface area (Å²) >= 11 is 0. The first kappa shape index (κ1) is 11.1. The maximum Gasteiger partial charge on any atom is 0.126 e. The second-order valence-electron chi connectivity index (χ2n) is 4.28. The van der Waals surface area contributed by atoms with Crippen LogP contribution in [0, 0.1) is 24.1 Å². The Morgan fingerprint density at radius 3 is 2.62 bits per heavy atom. The van der Waals surface area contributed by atoms with Crippen molar-refractivity contribution in [2.75, 3.05) is 13.1 Å². The minimum Gasteiger partial charge on any atom is -0.284 e. The van der Waals surface area contributed by atoms with Crippen LogP contribution in [-0.2, 0) is 0 Å². The van der Waals surface area contributed by atoms with Crippen LogP contribution in [0.25, 0.3) is 0 Å². The number of likely N-dealkylation sites (tertiary alicyclic amines) is 1. The zero-order valence-corrected chi connectivity index (χ0v) is 9.41. The first-order valence-corrected chi connectivity index (χ1v) is 5.62. The maximum atomic E-state index is 13.4. The molecule has 1 unspecified atom stereocenters. The summed E-state index contributed by atoms with van der Waals surface area (Å²) in [6, 6.07) is 7.05. The normalized spacial score (nSPS) is 18.3. The summed E-state index contributed by atoms with van der Waals surface area (Å²) in [5.41, 5.74) is 1.40. The highest BCUT2D eigenvalue weighted by Gasteiger charge is 2.23. The number of benzene rings is 1. The van der Waals surface area contributed by atoms with Crippen LogP contribution in [0.3, 0.4) is 0 Å². The number of aryl methyl sites for hydroxylation is 1. The molecule has 2 nitrogen and oxygen atoms in total. The Labute approximate surface area is 95.3 Å². The van der Waals surface area contributed by atoms with E-state index in [9.17, 15) is 9.65 Å². The fourth-order valence-electron chi connectivity index (χ4n) is 2.15. The van der Waals surface area contributed by atoms with Crippen LogP contribution < -0.4 is 0 Å². The number of hydrogen-bond acceptors (Lipinski definition) is 2. The fourth-order valence-corrected chi connectivity index (χ4v) is 2.15. The van der Waals surface area contributed by atoms with Gasteiger partial charge in [-0.1, -0.05) is 12.1 Å². The molecule has 0 bridgehead atoms.